The standard InChI is InChI=1S/C13H22.Na/c1-2-3-4-5-6-7-10-13-11-8-9-12-13;/h8-9,11H,2-7,10,12H2,1H3;. The molecule has 0 saturated carbocycles. The first kappa shape index (κ1) is 14.5. The minimum absolute atomic E-state index is 0. The van der Waals surface area contributed by atoms with Gasteiger partial charge in [0.15, 0.2) is 0 Å². The molecule has 1 heteroatoms. The molecule has 0 atom stereocenters. The molecule has 1 aliphatic carbocycles. The van der Waals surface area contributed by atoms with Gasteiger partial charge in [0, 0.05) is 29.6 Å². The zero-order valence-electron chi connectivity index (χ0n) is 9.89. The van der Waals surface area contributed by atoms with Crippen molar-refractivity contribution in [3.8, 4) is 0 Å². The molecule has 0 spiro atoms. The first-order valence-corrected chi connectivity index (χ1v) is 5.78. The van der Waals surface area contributed by atoms with Crippen LogP contribution in [0, 0.1) is 0 Å². The van der Waals surface area contributed by atoms with Crippen LogP contribution in [0.3, 0.4) is 0 Å². The first-order valence-electron chi connectivity index (χ1n) is 5.78. The number of allylic oxidation sites excluding steroid dienone is 4. The number of hydrogen-bond acceptors (Lipinski definition) is 0. The molecule has 0 heterocycles. The van der Waals surface area contributed by atoms with Gasteiger partial charge in [-0.15, -0.1) is 0 Å². The molecule has 0 aromatic heterocycles. The fourth-order valence-electron chi connectivity index (χ4n) is 1.81. The van der Waals surface area contributed by atoms with Crippen molar-refractivity contribution in [2.75, 3.05) is 0 Å². The Kier molecular flexibility index (Phi) is 10.4. The zero-order chi connectivity index (χ0) is 9.36. The molecule has 0 saturated heterocycles. The van der Waals surface area contributed by atoms with E-state index in [1.807, 2.05) is 0 Å². The van der Waals surface area contributed by atoms with Crippen molar-refractivity contribution >= 4 is 29.6 Å². The normalized spacial score (nSPS) is 13.9. The topological polar surface area (TPSA) is 0 Å². The second kappa shape index (κ2) is 10.0. The smallest absolute Gasteiger partial charge is 0 e. The van der Waals surface area contributed by atoms with Crippen LogP contribution in [0.25, 0.3) is 0 Å². The SMILES string of the molecule is CCCCCCCCC1=CC=CC1.[Na]. The molecular formula is C13H22Na. The summed E-state index contributed by atoms with van der Waals surface area (Å²) in [7, 11) is 0. The van der Waals surface area contributed by atoms with E-state index < -0.39 is 0 Å². The zero-order valence-corrected chi connectivity index (χ0v) is 11.9. The van der Waals surface area contributed by atoms with Crippen molar-refractivity contribution in [1.82, 2.24) is 0 Å². The Bertz CT molecular complexity index is 180. The largest absolute Gasteiger partial charge is 0.0805 e. The van der Waals surface area contributed by atoms with Crippen LogP contribution < -0.4 is 0 Å². The predicted molar refractivity (Wildman–Crippen MR) is 65.6 cm³/mol. The fourth-order valence-corrected chi connectivity index (χ4v) is 1.81. The summed E-state index contributed by atoms with van der Waals surface area (Å²) in [6.45, 7) is 2.27. The van der Waals surface area contributed by atoms with E-state index in [1.165, 1.54) is 51.4 Å². The average molecular weight is 201 g/mol. The van der Waals surface area contributed by atoms with Crippen molar-refractivity contribution in [3.63, 3.8) is 0 Å². The van der Waals surface area contributed by atoms with Gasteiger partial charge in [-0.25, -0.2) is 0 Å². The third kappa shape index (κ3) is 6.86. The quantitative estimate of drug-likeness (QED) is 0.427. The fraction of sp³-hybridized carbons (Fsp3) is 0.692. The summed E-state index contributed by atoms with van der Waals surface area (Å²) in [6, 6.07) is 0. The molecule has 0 aromatic carbocycles. The Morgan fingerprint density at radius 3 is 2.43 bits per heavy atom. The average Bonchev–Trinajstić information content (AvgIpc) is 2.63. The van der Waals surface area contributed by atoms with E-state index in [0.717, 1.165) is 0 Å². The van der Waals surface area contributed by atoms with Crippen LogP contribution in [-0.4, -0.2) is 29.6 Å². The minimum Gasteiger partial charge on any atom is -0.0805 e. The van der Waals surface area contributed by atoms with Crippen LogP contribution in [0.4, 0.5) is 0 Å². The van der Waals surface area contributed by atoms with Gasteiger partial charge >= 0.3 is 0 Å². The van der Waals surface area contributed by atoms with Crippen molar-refractivity contribution in [2.24, 2.45) is 0 Å². The van der Waals surface area contributed by atoms with Gasteiger partial charge in [0.05, 0.1) is 0 Å². The Balaban J connectivity index is 0.00000169. The molecular weight excluding hydrogens is 179 g/mol. The van der Waals surface area contributed by atoms with Gasteiger partial charge in [-0.3, -0.25) is 0 Å². The number of hydrogen-bond donors (Lipinski definition) is 0. The maximum Gasteiger partial charge on any atom is 0 e. The second-order valence-corrected chi connectivity index (χ2v) is 3.97. The molecule has 75 valence electrons. The van der Waals surface area contributed by atoms with Gasteiger partial charge in [-0.05, 0) is 19.3 Å². The Morgan fingerprint density at radius 1 is 1.07 bits per heavy atom. The predicted octanol–water partition coefficient (Wildman–Crippen LogP) is 4.24. The van der Waals surface area contributed by atoms with Gasteiger partial charge in [0.1, 0.15) is 0 Å². The summed E-state index contributed by atoms with van der Waals surface area (Å²) >= 11 is 0. The molecule has 0 unspecified atom stereocenters. The van der Waals surface area contributed by atoms with E-state index in [4.69, 9.17) is 0 Å². The summed E-state index contributed by atoms with van der Waals surface area (Å²) < 4.78 is 0. The summed E-state index contributed by atoms with van der Waals surface area (Å²) in [6.07, 6.45) is 17.8. The molecule has 0 nitrogen and oxygen atoms in total. The molecule has 1 rings (SSSR count). The van der Waals surface area contributed by atoms with Gasteiger partial charge in [-0.1, -0.05) is 62.8 Å². The van der Waals surface area contributed by atoms with Crippen LogP contribution in [0.5, 0.6) is 0 Å². The summed E-state index contributed by atoms with van der Waals surface area (Å²) in [5.74, 6) is 0. The Hall–Kier alpha value is 0.480. The van der Waals surface area contributed by atoms with Gasteiger partial charge in [0.25, 0.3) is 0 Å². The second-order valence-electron chi connectivity index (χ2n) is 3.97. The van der Waals surface area contributed by atoms with E-state index in [9.17, 15) is 0 Å². The van der Waals surface area contributed by atoms with E-state index in [-0.39, 0.29) is 29.6 Å². The van der Waals surface area contributed by atoms with Crippen LogP contribution in [0.1, 0.15) is 58.3 Å². The molecule has 0 N–H and O–H groups in total. The number of rotatable bonds is 7. The monoisotopic (exact) mass is 201 g/mol. The third-order valence-corrected chi connectivity index (χ3v) is 2.70. The molecule has 14 heavy (non-hydrogen) atoms. The molecule has 1 radical (unpaired) electrons. The summed E-state index contributed by atoms with van der Waals surface area (Å²) in [5.41, 5.74) is 1.63. The Morgan fingerprint density at radius 2 is 1.79 bits per heavy atom. The molecule has 0 fully saturated rings. The van der Waals surface area contributed by atoms with E-state index in [1.54, 1.807) is 5.57 Å². The minimum atomic E-state index is 0. The molecule has 0 bridgehead atoms. The van der Waals surface area contributed by atoms with Crippen molar-refractivity contribution < 1.29 is 0 Å². The van der Waals surface area contributed by atoms with Gasteiger partial charge in [-0.2, -0.15) is 0 Å². The van der Waals surface area contributed by atoms with Gasteiger partial charge in [0.2, 0.25) is 0 Å². The van der Waals surface area contributed by atoms with E-state index in [0.29, 0.717) is 0 Å². The van der Waals surface area contributed by atoms with Crippen molar-refractivity contribution in [3.05, 3.63) is 23.8 Å². The third-order valence-electron chi connectivity index (χ3n) is 2.70. The van der Waals surface area contributed by atoms with Crippen LogP contribution in [-0.2, 0) is 0 Å². The van der Waals surface area contributed by atoms with E-state index >= 15 is 0 Å². The molecule has 0 aliphatic heterocycles. The summed E-state index contributed by atoms with van der Waals surface area (Å²) in [5, 5.41) is 0. The van der Waals surface area contributed by atoms with E-state index in [2.05, 4.69) is 25.2 Å². The maximum atomic E-state index is 2.28. The maximum absolute atomic E-state index is 2.28. The summed E-state index contributed by atoms with van der Waals surface area (Å²) in [4.78, 5) is 0. The first-order chi connectivity index (χ1) is 6.43. The molecule has 0 amide bonds. The van der Waals surface area contributed by atoms with Crippen LogP contribution in [0.2, 0.25) is 0 Å². The molecule has 0 aromatic rings. The van der Waals surface area contributed by atoms with Crippen LogP contribution in [0.15, 0.2) is 23.8 Å². The molecule has 1 aliphatic rings. The Labute approximate surface area is 111 Å². The van der Waals surface area contributed by atoms with Crippen LogP contribution >= 0.6 is 0 Å². The van der Waals surface area contributed by atoms with Gasteiger partial charge < -0.3 is 0 Å². The van der Waals surface area contributed by atoms with Crippen molar-refractivity contribution in [2.45, 2.75) is 58.3 Å². The van der Waals surface area contributed by atoms with Crippen molar-refractivity contribution in [1.29, 1.82) is 0 Å². The number of unbranched alkanes of at least 4 members (excludes halogenated alkanes) is 5.